The quantitative estimate of drug-likeness (QED) is 0.292. The summed E-state index contributed by atoms with van der Waals surface area (Å²) >= 11 is 0. The molecule has 0 bridgehead atoms. The third kappa shape index (κ3) is 3.75. The van der Waals surface area contributed by atoms with Crippen molar-refractivity contribution in [1.82, 2.24) is 0 Å². The van der Waals surface area contributed by atoms with Crippen LogP contribution in [0.25, 0.3) is 0 Å². The summed E-state index contributed by atoms with van der Waals surface area (Å²) in [5.41, 5.74) is 1.36. The Hall–Kier alpha value is -1.38. The molecule has 190 valence electrons. The Morgan fingerprint density at radius 1 is 0.971 bits per heavy atom. The smallest absolute Gasteiger partial charge is 0.312 e. The van der Waals surface area contributed by atoms with Crippen LogP contribution in [0.5, 0.6) is 0 Å². The van der Waals surface area contributed by atoms with Crippen LogP contribution in [-0.4, -0.2) is 18.9 Å². The van der Waals surface area contributed by atoms with Gasteiger partial charge in [-0.3, -0.25) is 9.59 Å². The molecule has 0 heterocycles. The van der Waals surface area contributed by atoms with Gasteiger partial charge in [0.25, 0.3) is 0 Å². The summed E-state index contributed by atoms with van der Waals surface area (Å²) in [5, 5.41) is 0. The summed E-state index contributed by atoms with van der Waals surface area (Å²) in [6.07, 6.45) is 15.9. The Balaban J connectivity index is 1.80. The summed E-state index contributed by atoms with van der Waals surface area (Å²) in [6, 6.07) is 0. The third-order valence-corrected chi connectivity index (χ3v) is 11.4. The van der Waals surface area contributed by atoms with Crippen molar-refractivity contribution in [3.8, 4) is 0 Å². The Morgan fingerprint density at radius 3 is 2.32 bits per heavy atom. The molecule has 6 atom stereocenters. The number of esters is 1. The molecule has 0 N–H and O–H groups in total. The molecule has 0 amide bonds. The maximum atomic E-state index is 13.3. The fraction of sp³-hybridized carbons (Fsp3) is 0.806. The van der Waals surface area contributed by atoms with Crippen molar-refractivity contribution < 1.29 is 14.3 Å². The number of allylic oxidation sites excluding steroid dienone is 4. The van der Waals surface area contributed by atoms with Gasteiger partial charge < -0.3 is 4.74 Å². The fourth-order valence-electron chi connectivity index (χ4n) is 8.63. The SMILES string of the molecule is COC(=O)[C@]12CCC(C)(C)C[C@H]1C1=CC[C@@H]3[C@@H](C)C=CC(=O)C(C)(C)CCC[C@@]3(C)[C@]1(C)CC2. The molecule has 0 saturated heterocycles. The van der Waals surface area contributed by atoms with Gasteiger partial charge in [-0.25, -0.2) is 0 Å². The van der Waals surface area contributed by atoms with Crippen LogP contribution in [0.2, 0.25) is 0 Å². The van der Waals surface area contributed by atoms with Gasteiger partial charge >= 0.3 is 5.97 Å². The second-order valence-electron chi connectivity index (χ2n) is 14.1. The molecule has 0 spiro atoms. The normalized spacial score (nSPS) is 43.6. The molecule has 3 heteroatoms. The average Bonchev–Trinajstić information content (AvgIpc) is 2.76. The van der Waals surface area contributed by atoms with Crippen molar-refractivity contribution in [3.05, 3.63) is 23.8 Å². The minimum Gasteiger partial charge on any atom is -0.469 e. The topological polar surface area (TPSA) is 43.4 Å². The summed E-state index contributed by atoms with van der Waals surface area (Å²) in [7, 11) is 1.58. The van der Waals surface area contributed by atoms with E-state index in [2.05, 4.69) is 60.6 Å². The first kappa shape index (κ1) is 25.7. The summed E-state index contributed by atoms with van der Waals surface area (Å²) in [4.78, 5) is 26.2. The van der Waals surface area contributed by atoms with Crippen LogP contribution in [0.1, 0.15) is 106 Å². The Labute approximate surface area is 208 Å². The molecular weight excluding hydrogens is 420 g/mol. The van der Waals surface area contributed by atoms with Crippen LogP contribution in [0.3, 0.4) is 0 Å². The molecule has 2 fully saturated rings. The molecule has 4 rings (SSSR count). The molecule has 0 aliphatic heterocycles. The van der Waals surface area contributed by atoms with Crippen LogP contribution in [0.15, 0.2) is 23.8 Å². The number of fused-ring (bicyclic) bond motifs is 5. The van der Waals surface area contributed by atoms with Gasteiger partial charge in [-0.2, -0.15) is 0 Å². The molecule has 4 aliphatic carbocycles. The lowest BCUT2D eigenvalue weighted by atomic mass is 9.39. The highest BCUT2D eigenvalue weighted by molar-refractivity contribution is 5.94. The van der Waals surface area contributed by atoms with Crippen molar-refractivity contribution in [1.29, 1.82) is 0 Å². The number of carbonyl (C=O) groups excluding carboxylic acids is 2. The lowest BCUT2D eigenvalue weighted by Crippen LogP contribution is -2.58. The van der Waals surface area contributed by atoms with E-state index < -0.39 is 0 Å². The van der Waals surface area contributed by atoms with Gasteiger partial charge in [-0.1, -0.05) is 72.6 Å². The predicted molar refractivity (Wildman–Crippen MR) is 138 cm³/mol. The first-order valence-corrected chi connectivity index (χ1v) is 13.7. The molecule has 2 saturated carbocycles. The van der Waals surface area contributed by atoms with Gasteiger partial charge in [-0.05, 0) is 91.4 Å². The molecule has 0 aromatic rings. The van der Waals surface area contributed by atoms with E-state index in [9.17, 15) is 9.59 Å². The van der Waals surface area contributed by atoms with E-state index in [1.54, 1.807) is 12.7 Å². The third-order valence-electron chi connectivity index (χ3n) is 11.4. The van der Waals surface area contributed by atoms with Gasteiger partial charge in [0.2, 0.25) is 0 Å². The monoisotopic (exact) mass is 468 g/mol. The molecule has 3 nitrogen and oxygen atoms in total. The molecular formula is C31H48O3. The summed E-state index contributed by atoms with van der Waals surface area (Å²) < 4.78 is 5.47. The number of rotatable bonds is 1. The van der Waals surface area contributed by atoms with Gasteiger partial charge in [0.15, 0.2) is 5.78 Å². The molecule has 0 unspecified atom stereocenters. The van der Waals surface area contributed by atoms with Crippen LogP contribution in [-0.2, 0) is 14.3 Å². The van der Waals surface area contributed by atoms with E-state index in [1.807, 2.05) is 6.08 Å². The van der Waals surface area contributed by atoms with Crippen LogP contribution in [0, 0.1) is 44.8 Å². The number of hydrogen-bond donors (Lipinski definition) is 0. The first-order valence-electron chi connectivity index (χ1n) is 13.7. The van der Waals surface area contributed by atoms with E-state index in [0.717, 1.165) is 57.8 Å². The van der Waals surface area contributed by atoms with Gasteiger partial charge in [0.1, 0.15) is 0 Å². The second kappa shape index (κ2) is 8.34. The minimum atomic E-state index is -0.352. The van der Waals surface area contributed by atoms with E-state index in [-0.39, 0.29) is 44.7 Å². The summed E-state index contributed by atoms with van der Waals surface area (Å²) in [5.74, 6) is 1.43. The fourth-order valence-corrected chi connectivity index (χ4v) is 8.63. The number of hydrogen-bond acceptors (Lipinski definition) is 3. The van der Waals surface area contributed by atoms with E-state index in [1.165, 1.54) is 0 Å². The van der Waals surface area contributed by atoms with E-state index in [4.69, 9.17) is 4.74 Å². The standard InChI is InChI=1S/C31H48O3/c1-21-10-13-25(32)28(4,5)14-9-15-29(6)22(21)11-12-23-24-20-27(2,3)16-18-31(24,26(33)34-8)19-17-30(23,29)7/h10,12-13,21-22,24H,9,11,14-20H2,1-8H3/t21-,22+,24-,29+,30+,31-/m0/s1. The Bertz CT molecular complexity index is 908. The van der Waals surface area contributed by atoms with Crippen molar-refractivity contribution in [3.63, 3.8) is 0 Å². The van der Waals surface area contributed by atoms with Gasteiger partial charge in [0.05, 0.1) is 12.5 Å². The lowest BCUT2D eigenvalue weighted by molar-refractivity contribution is -0.168. The van der Waals surface area contributed by atoms with Crippen LogP contribution >= 0.6 is 0 Å². The maximum absolute atomic E-state index is 13.3. The predicted octanol–water partition coefficient (Wildman–Crippen LogP) is 7.70. The number of methoxy groups -OCH3 is 1. The van der Waals surface area contributed by atoms with Crippen molar-refractivity contribution in [2.75, 3.05) is 7.11 Å². The molecule has 4 aliphatic rings. The zero-order valence-corrected chi connectivity index (χ0v) is 23.1. The highest BCUT2D eigenvalue weighted by Crippen LogP contribution is 2.70. The van der Waals surface area contributed by atoms with Gasteiger partial charge in [-0.15, -0.1) is 0 Å². The lowest BCUT2D eigenvalue weighted by Gasteiger charge is -2.64. The minimum absolute atomic E-state index is 0.0192. The molecule has 0 radical (unpaired) electrons. The summed E-state index contributed by atoms with van der Waals surface area (Å²) in [6.45, 7) is 16.4. The zero-order valence-electron chi connectivity index (χ0n) is 23.1. The largest absolute Gasteiger partial charge is 0.469 e. The average molecular weight is 469 g/mol. The van der Waals surface area contributed by atoms with E-state index in [0.29, 0.717) is 11.8 Å². The molecule has 0 aromatic heterocycles. The first-order chi connectivity index (χ1) is 15.7. The van der Waals surface area contributed by atoms with Crippen molar-refractivity contribution >= 4 is 11.8 Å². The highest BCUT2D eigenvalue weighted by atomic mass is 16.5. The second-order valence-corrected chi connectivity index (χ2v) is 14.1. The number of ketones is 1. The highest BCUT2D eigenvalue weighted by Gasteiger charge is 2.64. The Morgan fingerprint density at radius 2 is 1.65 bits per heavy atom. The van der Waals surface area contributed by atoms with Crippen LogP contribution < -0.4 is 0 Å². The van der Waals surface area contributed by atoms with Crippen LogP contribution in [0.4, 0.5) is 0 Å². The van der Waals surface area contributed by atoms with Gasteiger partial charge in [0, 0.05) is 5.41 Å². The van der Waals surface area contributed by atoms with Crippen molar-refractivity contribution in [2.45, 2.75) is 106 Å². The van der Waals surface area contributed by atoms with E-state index >= 15 is 0 Å². The molecule has 34 heavy (non-hydrogen) atoms. The van der Waals surface area contributed by atoms with Crippen molar-refractivity contribution in [2.24, 2.45) is 44.8 Å². The zero-order chi connectivity index (χ0) is 25.2. The number of ether oxygens (including phenoxy) is 1. The maximum Gasteiger partial charge on any atom is 0.312 e. The number of carbonyl (C=O) groups is 2. The Kier molecular flexibility index (Phi) is 6.31. The molecule has 0 aromatic carbocycles.